The van der Waals surface area contributed by atoms with Gasteiger partial charge in [0, 0.05) is 12.7 Å². The number of hydrogen-bond acceptors (Lipinski definition) is 6. The van der Waals surface area contributed by atoms with Crippen LogP contribution in [0.1, 0.15) is 11.1 Å². The van der Waals surface area contributed by atoms with Gasteiger partial charge < -0.3 is 20.1 Å². The summed E-state index contributed by atoms with van der Waals surface area (Å²) in [5, 5.41) is 8.67. The fraction of sp³-hybridized carbons (Fsp3) is 0.200. The van der Waals surface area contributed by atoms with E-state index in [1.54, 1.807) is 18.2 Å². The zero-order valence-electron chi connectivity index (χ0n) is 16.3. The third kappa shape index (κ3) is 6.35. The summed E-state index contributed by atoms with van der Waals surface area (Å²) in [5.41, 5.74) is 4.36. The Kier molecular flexibility index (Phi) is 7.72. The van der Waals surface area contributed by atoms with Crippen molar-refractivity contribution in [3.05, 3.63) is 53.6 Å². The third-order valence-corrected chi connectivity index (χ3v) is 3.78. The average molecular weight is 398 g/mol. The van der Waals surface area contributed by atoms with E-state index in [0.29, 0.717) is 17.1 Å². The van der Waals surface area contributed by atoms with Crippen molar-refractivity contribution in [2.45, 2.75) is 6.92 Å². The highest BCUT2D eigenvalue weighted by atomic mass is 16.5. The molecule has 0 aromatic heterocycles. The van der Waals surface area contributed by atoms with Gasteiger partial charge in [0.25, 0.3) is 5.91 Å². The normalized spacial score (nSPS) is 10.3. The number of ether oxygens (including phenoxy) is 2. The van der Waals surface area contributed by atoms with E-state index in [-0.39, 0.29) is 12.5 Å². The molecular formula is C20H22N4O5. The molecule has 0 bridgehead atoms. The number of nitrogens with zero attached hydrogens (tertiary/aromatic N) is 1. The number of rotatable bonds is 7. The molecule has 2 aromatic rings. The van der Waals surface area contributed by atoms with Gasteiger partial charge in [0.05, 0.1) is 13.3 Å². The molecule has 29 heavy (non-hydrogen) atoms. The highest BCUT2D eigenvalue weighted by molar-refractivity contribution is 6.35. The Hall–Kier alpha value is -3.88. The molecule has 0 aliphatic rings. The summed E-state index contributed by atoms with van der Waals surface area (Å²) in [4.78, 5) is 34.5. The van der Waals surface area contributed by atoms with Crippen molar-refractivity contribution >= 4 is 29.6 Å². The summed E-state index contributed by atoms with van der Waals surface area (Å²) in [5.74, 6) is -1.22. The first kappa shape index (κ1) is 21.4. The first-order chi connectivity index (χ1) is 13.9. The monoisotopic (exact) mass is 398 g/mol. The molecule has 0 heterocycles. The smallest absolute Gasteiger partial charge is 0.329 e. The predicted octanol–water partition coefficient (Wildman–Crippen LogP) is 1.22. The van der Waals surface area contributed by atoms with E-state index in [4.69, 9.17) is 9.47 Å². The first-order valence-corrected chi connectivity index (χ1v) is 8.66. The zero-order chi connectivity index (χ0) is 21.2. The summed E-state index contributed by atoms with van der Waals surface area (Å²) >= 11 is 0. The molecule has 0 unspecified atom stereocenters. The van der Waals surface area contributed by atoms with E-state index in [1.165, 1.54) is 20.4 Å². The third-order valence-electron chi connectivity index (χ3n) is 3.78. The molecule has 3 amide bonds. The minimum Gasteiger partial charge on any atom is -0.493 e. The second-order valence-corrected chi connectivity index (χ2v) is 5.84. The lowest BCUT2D eigenvalue weighted by Crippen LogP contribution is -2.35. The van der Waals surface area contributed by atoms with Crippen LogP contribution in [0.3, 0.4) is 0 Å². The van der Waals surface area contributed by atoms with Crippen molar-refractivity contribution in [3.63, 3.8) is 0 Å². The lowest BCUT2D eigenvalue weighted by molar-refractivity contribution is -0.138. The van der Waals surface area contributed by atoms with Crippen LogP contribution in [0.4, 0.5) is 5.69 Å². The number of aryl methyl sites for hydroxylation is 1. The number of carbonyl (C=O) groups is 3. The van der Waals surface area contributed by atoms with Crippen LogP contribution in [0.5, 0.6) is 11.5 Å². The van der Waals surface area contributed by atoms with E-state index in [1.807, 2.05) is 31.2 Å². The predicted molar refractivity (Wildman–Crippen MR) is 108 cm³/mol. The molecule has 2 rings (SSSR count). The Bertz CT molecular complexity index is 927. The van der Waals surface area contributed by atoms with Crippen LogP contribution >= 0.6 is 0 Å². The average Bonchev–Trinajstić information content (AvgIpc) is 2.73. The number of benzene rings is 2. The number of anilines is 1. The number of para-hydroxylation sites is 1. The minimum atomic E-state index is -0.879. The molecule has 0 radical (unpaired) electrons. The molecule has 9 heteroatoms. The molecular weight excluding hydrogens is 376 g/mol. The van der Waals surface area contributed by atoms with Gasteiger partial charge in [-0.3, -0.25) is 14.4 Å². The molecule has 0 saturated heterocycles. The van der Waals surface area contributed by atoms with E-state index >= 15 is 0 Å². The van der Waals surface area contributed by atoms with Crippen LogP contribution in [0.2, 0.25) is 0 Å². The molecule has 0 fully saturated rings. The van der Waals surface area contributed by atoms with Crippen molar-refractivity contribution in [1.82, 2.24) is 10.7 Å². The van der Waals surface area contributed by atoms with Crippen molar-refractivity contribution in [3.8, 4) is 11.5 Å². The molecule has 0 aliphatic heterocycles. The topological polar surface area (TPSA) is 118 Å². The molecule has 9 nitrogen and oxygen atoms in total. The Morgan fingerprint density at radius 3 is 2.52 bits per heavy atom. The maximum atomic E-state index is 12.1. The lowest BCUT2D eigenvalue weighted by atomic mass is 10.2. The zero-order valence-corrected chi connectivity index (χ0v) is 16.3. The molecule has 3 N–H and O–H groups in total. The van der Waals surface area contributed by atoms with Crippen molar-refractivity contribution < 1.29 is 23.9 Å². The number of methoxy groups -OCH3 is 1. The molecule has 0 atom stereocenters. The maximum absolute atomic E-state index is 12.1. The number of amides is 3. The number of hydrogen-bond donors (Lipinski definition) is 3. The van der Waals surface area contributed by atoms with Gasteiger partial charge in [0.15, 0.2) is 18.1 Å². The van der Waals surface area contributed by atoms with Crippen molar-refractivity contribution in [2.24, 2.45) is 5.10 Å². The molecule has 152 valence electrons. The standard InChI is InChI=1S/C20H22N4O5/c1-13-6-4-5-7-15(13)23-18(25)12-29-16-9-8-14(10-17(16)28-3)11-22-24-20(27)19(26)21-2/h4-11H,12H2,1-3H3,(H,21,26)(H,23,25)(H,24,27)/b22-11-. The second kappa shape index (κ2) is 10.5. The van der Waals surface area contributed by atoms with Gasteiger partial charge in [-0.2, -0.15) is 5.10 Å². The summed E-state index contributed by atoms with van der Waals surface area (Å²) in [6, 6.07) is 12.3. The minimum absolute atomic E-state index is 0.194. The highest BCUT2D eigenvalue weighted by Crippen LogP contribution is 2.27. The van der Waals surface area contributed by atoms with Gasteiger partial charge in [-0.15, -0.1) is 0 Å². The highest BCUT2D eigenvalue weighted by Gasteiger charge is 2.11. The fourth-order valence-electron chi connectivity index (χ4n) is 2.26. The quantitative estimate of drug-likeness (QED) is 0.368. The number of carbonyl (C=O) groups excluding carboxylic acids is 3. The maximum Gasteiger partial charge on any atom is 0.329 e. The van der Waals surface area contributed by atoms with Gasteiger partial charge in [0.1, 0.15) is 0 Å². The molecule has 0 aliphatic carbocycles. The van der Waals surface area contributed by atoms with Crippen LogP contribution in [-0.2, 0) is 14.4 Å². The summed E-state index contributed by atoms with van der Waals surface area (Å²) in [7, 11) is 2.81. The van der Waals surface area contributed by atoms with E-state index in [2.05, 4.69) is 21.2 Å². The summed E-state index contributed by atoms with van der Waals surface area (Å²) in [6.07, 6.45) is 1.35. The van der Waals surface area contributed by atoms with Gasteiger partial charge >= 0.3 is 11.8 Å². The number of nitrogens with one attached hydrogen (secondary N) is 3. The molecule has 2 aromatic carbocycles. The van der Waals surface area contributed by atoms with E-state index in [9.17, 15) is 14.4 Å². The summed E-state index contributed by atoms with van der Waals surface area (Å²) < 4.78 is 10.8. The van der Waals surface area contributed by atoms with Gasteiger partial charge in [-0.1, -0.05) is 18.2 Å². The van der Waals surface area contributed by atoms with Gasteiger partial charge in [-0.05, 0) is 42.3 Å². The lowest BCUT2D eigenvalue weighted by Gasteiger charge is -2.12. The van der Waals surface area contributed by atoms with Crippen molar-refractivity contribution in [2.75, 3.05) is 26.1 Å². The Morgan fingerprint density at radius 1 is 1.07 bits per heavy atom. The number of likely N-dealkylation sites (N-methyl/N-ethyl adjacent to an activating group) is 1. The van der Waals surface area contributed by atoms with E-state index < -0.39 is 11.8 Å². The molecule has 0 spiro atoms. The summed E-state index contributed by atoms with van der Waals surface area (Å²) in [6.45, 7) is 1.71. The Morgan fingerprint density at radius 2 is 1.83 bits per heavy atom. The molecule has 0 saturated carbocycles. The van der Waals surface area contributed by atoms with Crippen molar-refractivity contribution in [1.29, 1.82) is 0 Å². The number of hydrazone groups is 1. The van der Waals surface area contributed by atoms with Crippen LogP contribution < -0.4 is 25.5 Å². The van der Waals surface area contributed by atoms with Crippen LogP contribution in [-0.4, -0.2) is 44.7 Å². The Labute approximate surface area is 168 Å². The SMILES string of the molecule is CNC(=O)C(=O)N/N=C\c1ccc(OCC(=O)Nc2ccccc2C)c(OC)c1. The fourth-order valence-corrected chi connectivity index (χ4v) is 2.26. The second-order valence-electron chi connectivity index (χ2n) is 5.84. The van der Waals surface area contributed by atoms with Gasteiger partial charge in [-0.25, -0.2) is 5.43 Å². The van der Waals surface area contributed by atoms with E-state index in [0.717, 1.165) is 11.3 Å². The largest absolute Gasteiger partial charge is 0.493 e. The first-order valence-electron chi connectivity index (χ1n) is 8.66. The van der Waals surface area contributed by atoms with Gasteiger partial charge in [0.2, 0.25) is 0 Å². The van der Waals surface area contributed by atoms with Crippen LogP contribution in [0.15, 0.2) is 47.6 Å². The van der Waals surface area contributed by atoms with Crippen LogP contribution in [0, 0.1) is 6.92 Å². The Balaban J connectivity index is 1.96. The van der Waals surface area contributed by atoms with Crippen LogP contribution in [0.25, 0.3) is 0 Å².